The number of hydrogen-bond donors (Lipinski definition) is 3. The molecule has 1 amide bonds. The summed E-state index contributed by atoms with van der Waals surface area (Å²) in [5, 5.41) is 7.53. The number of pyridine rings is 1. The fourth-order valence-electron chi connectivity index (χ4n) is 2.32. The largest absolute Gasteiger partial charge is 0.346 e. The normalized spacial score (nSPS) is 13.3. The van der Waals surface area contributed by atoms with Gasteiger partial charge in [-0.1, -0.05) is 6.07 Å². The Kier molecular flexibility index (Phi) is 6.22. The first-order chi connectivity index (χ1) is 12.5. The maximum Gasteiger partial charge on any atom is 0.270 e. The predicted octanol–water partition coefficient (Wildman–Crippen LogP) is 2.65. The van der Waals surface area contributed by atoms with Crippen molar-refractivity contribution in [3.05, 3.63) is 68.1 Å². The van der Waals surface area contributed by atoms with Crippen LogP contribution in [0.1, 0.15) is 37.5 Å². The SMILES string of the molecule is Cc1ncc(CNC(=O)c2ccc(C(NS(=O)O)c3ccsc3)cn2)s1. The zero-order valence-electron chi connectivity index (χ0n) is 13.7. The average Bonchev–Trinajstić information content (AvgIpc) is 3.29. The van der Waals surface area contributed by atoms with Crippen LogP contribution in [0.2, 0.25) is 0 Å². The Morgan fingerprint density at radius 1 is 1.27 bits per heavy atom. The predicted molar refractivity (Wildman–Crippen MR) is 102 cm³/mol. The van der Waals surface area contributed by atoms with Crippen LogP contribution in [-0.2, 0) is 17.8 Å². The molecule has 0 aliphatic carbocycles. The van der Waals surface area contributed by atoms with Gasteiger partial charge in [0, 0.05) is 17.3 Å². The molecule has 0 aliphatic heterocycles. The monoisotopic (exact) mass is 408 g/mol. The first-order valence-corrected chi connectivity index (χ1v) is 10.4. The molecule has 0 spiro atoms. The topological polar surface area (TPSA) is 104 Å². The molecule has 0 aliphatic rings. The Morgan fingerprint density at radius 2 is 2.12 bits per heavy atom. The van der Waals surface area contributed by atoms with Crippen LogP contribution < -0.4 is 10.0 Å². The standard InChI is InChI=1S/C16H16N4O3S3/c1-10-17-7-13(25-10)8-19-16(21)14-3-2-11(6-18-14)15(20-26(22)23)12-4-5-24-9-12/h2-7,9,15,20H,8H2,1H3,(H,19,21)(H,22,23). The summed E-state index contributed by atoms with van der Waals surface area (Å²) >= 11 is 0.850. The van der Waals surface area contributed by atoms with E-state index in [4.69, 9.17) is 0 Å². The van der Waals surface area contributed by atoms with Gasteiger partial charge in [0.1, 0.15) is 5.69 Å². The first-order valence-electron chi connectivity index (χ1n) is 7.57. The van der Waals surface area contributed by atoms with Gasteiger partial charge in [-0.05, 0) is 40.9 Å². The van der Waals surface area contributed by atoms with Crippen LogP contribution in [-0.4, -0.2) is 24.6 Å². The minimum absolute atomic E-state index is 0.282. The number of nitrogens with one attached hydrogen (secondary N) is 2. The van der Waals surface area contributed by atoms with Crippen LogP contribution in [0.5, 0.6) is 0 Å². The smallest absolute Gasteiger partial charge is 0.270 e. The van der Waals surface area contributed by atoms with Gasteiger partial charge in [0.15, 0.2) is 0 Å². The summed E-state index contributed by atoms with van der Waals surface area (Å²) in [4.78, 5) is 21.5. The number of hydrogen-bond acceptors (Lipinski definition) is 6. The lowest BCUT2D eigenvalue weighted by Crippen LogP contribution is -2.25. The van der Waals surface area contributed by atoms with Crippen molar-refractivity contribution in [3.63, 3.8) is 0 Å². The molecule has 3 rings (SSSR count). The lowest BCUT2D eigenvalue weighted by molar-refractivity contribution is 0.0946. The van der Waals surface area contributed by atoms with Crippen LogP contribution >= 0.6 is 22.7 Å². The molecule has 2 unspecified atom stereocenters. The number of nitrogens with zero attached hydrogens (tertiary/aromatic N) is 2. The fourth-order valence-corrected chi connectivity index (χ4v) is 4.22. The summed E-state index contributed by atoms with van der Waals surface area (Å²) < 4.78 is 23.0. The van der Waals surface area contributed by atoms with Gasteiger partial charge >= 0.3 is 0 Å². The molecular weight excluding hydrogens is 392 g/mol. The maximum absolute atomic E-state index is 12.2. The molecule has 2 atom stereocenters. The number of thiophene rings is 1. The van der Waals surface area contributed by atoms with Gasteiger partial charge < -0.3 is 5.32 Å². The molecule has 0 aromatic carbocycles. The Hall–Kier alpha value is -1.98. The third kappa shape index (κ3) is 4.80. The van der Waals surface area contributed by atoms with Crippen molar-refractivity contribution < 1.29 is 13.6 Å². The van der Waals surface area contributed by atoms with E-state index in [0.29, 0.717) is 12.1 Å². The minimum atomic E-state index is -2.17. The third-order valence-electron chi connectivity index (χ3n) is 3.54. The van der Waals surface area contributed by atoms with E-state index in [0.717, 1.165) is 15.4 Å². The van der Waals surface area contributed by atoms with Crippen LogP contribution in [0.3, 0.4) is 0 Å². The van der Waals surface area contributed by atoms with Crippen molar-refractivity contribution >= 4 is 39.8 Å². The van der Waals surface area contributed by atoms with Crippen molar-refractivity contribution in [1.29, 1.82) is 0 Å². The zero-order chi connectivity index (χ0) is 18.5. The lowest BCUT2D eigenvalue weighted by Gasteiger charge is -2.15. The molecular formula is C16H16N4O3S3. The summed E-state index contributed by atoms with van der Waals surface area (Å²) in [5.41, 5.74) is 1.83. The molecule has 26 heavy (non-hydrogen) atoms. The zero-order valence-corrected chi connectivity index (χ0v) is 16.2. The summed E-state index contributed by atoms with van der Waals surface area (Å²) in [6.45, 7) is 2.31. The van der Waals surface area contributed by atoms with Gasteiger partial charge in [-0.25, -0.2) is 13.9 Å². The van der Waals surface area contributed by atoms with E-state index >= 15 is 0 Å². The number of carbonyl (C=O) groups is 1. The Labute approximate surface area is 160 Å². The van der Waals surface area contributed by atoms with Crippen LogP contribution in [0, 0.1) is 6.92 Å². The van der Waals surface area contributed by atoms with E-state index in [1.54, 1.807) is 18.3 Å². The molecule has 136 valence electrons. The van der Waals surface area contributed by atoms with Gasteiger partial charge in [-0.2, -0.15) is 11.3 Å². The molecule has 0 saturated carbocycles. The highest BCUT2D eigenvalue weighted by molar-refractivity contribution is 7.77. The highest BCUT2D eigenvalue weighted by Gasteiger charge is 2.18. The molecule has 3 N–H and O–H groups in total. The number of carbonyl (C=O) groups excluding carboxylic acids is 1. The van der Waals surface area contributed by atoms with E-state index in [2.05, 4.69) is 20.0 Å². The van der Waals surface area contributed by atoms with Crippen LogP contribution in [0.4, 0.5) is 0 Å². The summed E-state index contributed by atoms with van der Waals surface area (Å²) in [7, 11) is 0. The minimum Gasteiger partial charge on any atom is -0.346 e. The Balaban J connectivity index is 1.70. The number of rotatable bonds is 7. The molecule has 0 bridgehead atoms. The van der Waals surface area contributed by atoms with Crippen LogP contribution in [0.25, 0.3) is 0 Å². The van der Waals surface area contributed by atoms with Gasteiger partial charge in [-0.3, -0.25) is 14.3 Å². The second-order valence-electron chi connectivity index (χ2n) is 5.36. The molecule has 0 fully saturated rings. The number of aryl methyl sites for hydroxylation is 1. The number of amides is 1. The van der Waals surface area contributed by atoms with Gasteiger partial charge in [0.05, 0.1) is 17.6 Å². The van der Waals surface area contributed by atoms with Crippen LogP contribution in [0.15, 0.2) is 41.4 Å². The van der Waals surface area contributed by atoms with Gasteiger partial charge in [0.2, 0.25) is 11.3 Å². The molecule has 10 heteroatoms. The third-order valence-corrected chi connectivity index (χ3v) is 5.59. The van der Waals surface area contributed by atoms with E-state index < -0.39 is 17.3 Å². The maximum atomic E-state index is 12.2. The van der Waals surface area contributed by atoms with E-state index in [1.807, 2.05) is 23.8 Å². The Morgan fingerprint density at radius 3 is 2.69 bits per heavy atom. The average molecular weight is 409 g/mol. The van der Waals surface area contributed by atoms with E-state index in [9.17, 15) is 13.6 Å². The molecule has 3 heterocycles. The quantitative estimate of drug-likeness (QED) is 0.522. The number of thiazole rings is 1. The van der Waals surface area contributed by atoms with Gasteiger partial charge in [0.25, 0.3) is 5.91 Å². The van der Waals surface area contributed by atoms with E-state index in [-0.39, 0.29) is 11.6 Å². The molecule has 7 nitrogen and oxygen atoms in total. The second-order valence-corrected chi connectivity index (χ2v) is 8.20. The molecule has 3 aromatic heterocycles. The van der Waals surface area contributed by atoms with Crippen molar-refractivity contribution in [2.45, 2.75) is 19.5 Å². The van der Waals surface area contributed by atoms with Crippen molar-refractivity contribution in [3.8, 4) is 0 Å². The summed E-state index contributed by atoms with van der Waals surface area (Å²) in [6.07, 6.45) is 3.27. The van der Waals surface area contributed by atoms with Gasteiger partial charge in [-0.15, -0.1) is 11.3 Å². The molecule has 0 saturated heterocycles. The van der Waals surface area contributed by atoms with Crippen molar-refractivity contribution in [1.82, 2.24) is 20.0 Å². The fraction of sp³-hybridized carbons (Fsp3) is 0.188. The highest BCUT2D eigenvalue weighted by Crippen LogP contribution is 2.24. The summed E-state index contributed by atoms with van der Waals surface area (Å²) in [6, 6.07) is 4.72. The first kappa shape index (κ1) is 18.8. The summed E-state index contributed by atoms with van der Waals surface area (Å²) in [5.74, 6) is -0.284. The highest BCUT2D eigenvalue weighted by atomic mass is 32.2. The van der Waals surface area contributed by atoms with Crippen molar-refractivity contribution in [2.75, 3.05) is 0 Å². The van der Waals surface area contributed by atoms with Crippen molar-refractivity contribution in [2.24, 2.45) is 0 Å². The second kappa shape index (κ2) is 8.60. The molecule has 3 aromatic rings. The lowest BCUT2D eigenvalue weighted by atomic mass is 10.0. The number of aromatic nitrogens is 2. The Bertz CT molecular complexity index is 894. The van der Waals surface area contributed by atoms with E-state index in [1.165, 1.54) is 28.9 Å². The molecule has 0 radical (unpaired) electrons.